The van der Waals surface area contributed by atoms with Crippen molar-refractivity contribution in [3.63, 3.8) is 0 Å². The van der Waals surface area contributed by atoms with E-state index in [2.05, 4.69) is 9.97 Å². The lowest BCUT2D eigenvalue weighted by Gasteiger charge is -2.12. The Kier molecular flexibility index (Phi) is 4.55. The van der Waals surface area contributed by atoms with Gasteiger partial charge in [-0.05, 0) is 23.8 Å². The van der Waals surface area contributed by atoms with E-state index in [1.165, 1.54) is 6.08 Å². The molecule has 1 N–H and O–H groups in total. The third-order valence-corrected chi connectivity index (χ3v) is 2.83. The lowest BCUT2D eigenvalue weighted by atomic mass is 10.2. The van der Waals surface area contributed by atoms with Gasteiger partial charge in [-0.15, -0.1) is 0 Å². The summed E-state index contributed by atoms with van der Waals surface area (Å²) in [7, 11) is 3.35. The van der Waals surface area contributed by atoms with Crippen LogP contribution < -0.4 is 4.74 Å². The van der Waals surface area contributed by atoms with E-state index in [0.717, 1.165) is 17.1 Å². The first-order valence-electron chi connectivity index (χ1n) is 6.24. The van der Waals surface area contributed by atoms with Crippen molar-refractivity contribution >= 4 is 12.0 Å². The van der Waals surface area contributed by atoms with Gasteiger partial charge in [0.25, 0.3) is 0 Å². The predicted octanol–water partition coefficient (Wildman–Crippen LogP) is 2.09. The van der Waals surface area contributed by atoms with Gasteiger partial charge in [0.05, 0.1) is 13.7 Å². The molecule has 0 radical (unpaired) electrons. The van der Waals surface area contributed by atoms with Crippen LogP contribution in [-0.2, 0) is 11.3 Å². The molecule has 1 heterocycles. The van der Waals surface area contributed by atoms with E-state index in [-0.39, 0.29) is 5.91 Å². The largest absolute Gasteiger partial charge is 0.497 e. The van der Waals surface area contributed by atoms with E-state index in [1.54, 1.807) is 37.5 Å². The normalized spacial score (nSPS) is 10.7. The summed E-state index contributed by atoms with van der Waals surface area (Å²) >= 11 is 0. The molecule has 1 amide bonds. The van der Waals surface area contributed by atoms with E-state index in [1.807, 2.05) is 24.3 Å². The molecule has 2 rings (SSSR count). The van der Waals surface area contributed by atoms with E-state index < -0.39 is 0 Å². The SMILES string of the molecule is COc1cccc(C=CC(=O)N(C)Cc2ncc[nH]2)c1. The highest BCUT2D eigenvalue weighted by molar-refractivity contribution is 5.91. The second-order valence-electron chi connectivity index (χ2n) is 4.34. The Morgan fingerprint density at radius 2 is 2.35 bits per heavy atom. The molecule has 0 fully saturated rings. The van der Waals surface area contributed by atoms with Crippen molar-refractivity contribution in [1.29, 1.82) is 0 Å². The van der Waals surface area contributed by atoms with Gasteiger partial charge in [0, 0.05) is 25.5 Å². The van der Waals surface area contributed by atoms with Crippen LogP contribution in [0.4, 0.5) is 0 Å². The van der Waals surface area contributed by atoms with E-state index in [0.29, 0.717) is 6.54 Å². The first kappa shape index (κ1) is 13.9. The number of rotatable bonds is 5. The number of carbonyl (C=O) groups excluding carboxylic acids is 1. The summed E-state index contributed by atoms with van der Waals surface area (Å²) in [6.07, 6.45) is 6.71. The Bertz CT molecular complexity index is 591. The number of nitrogens with one attached hydrogen (secondary N) is 1. The molecule has 1 aromatic carbocycles. The van der Waals surface area contributed by atoms with Crippen molar-refractivity contribution in [1.82, 2.24) is 14.9 Å². The quantitative estimate of drug-likeness (QED) is 0.847. The molecule has 0 unspecified atom stereocenters. The molecule has 0 bridgehead atoms. The Morgan fingerprint density at radius 3 is 3.05 bits per heavy atom. The highest BCUT2D eigenvalue weighted by Gasteiger charge is 2.06. The number of H-pyrrole nitrogens is 1. The molecule has 2 aromatic rings. The van der Waals surface area contributed by atoms with Crippen LogP contribution in [0.1, 0.15) is 11.4 Å². The molecule has 104 valence electrons. The lowest BCUT2D eigenvalue weighted by Crippen LogP contribution is -2.24. The number of imidazole rings is 1. The molecule has 5 nitrogen and oxygen atoms in total. The number of ether oxygens (including phenoxy) is 1. The fourth-order valence-electron chi connectivity index (χ4n) is 1.73. The van der Waals surface area contributed by atoms with Crippen molar-refractivity contribution in [2.45, 2.75) is 6.54 Å². The molecule has 5 heteroatoms. The van der Waals surface area contributed by atoms with Crippen molar-refractivity contribution in [2.75, 3.05) is 14.2 Å². The highest BCUT2D eigenvalue weighted by Crippen LogP contribution is 2.13. The molecule has 20 heavy (non-hydrogen) atoms. The molecule has 0 saturated heterocycles. The highest BCUT2D eigenvalue weighted by atomic mass is 16.5. The van der Waals surface area contributed by atoms with E-state index in [9.17, 15) is 4.79 Å². The first-order chi connectivity index (χ1) is 9.69. The van der Waals surface area contributed by atoms with Crippen LogP contribution in [0.25, 0.3) is 6.08 Å². The van der Waals surface area contributed by atoms with Crippen molar-refractivity contribution in [3.8, 4) is 5.75 Å². The van der Waals surface area contributed by atoms with Gasteiger partial charge >= 0.3 is 0 Å². The van der Waals surface area contributed by atoms with Crippen LogP contribution in [0, 0.1) is 0 Å². The van der Waals surface area contributed by atoms with Gasteiger partial charge in [-0.3, -0.25) is 4.79 Å². The number of benzene rings is 1. The number of aromatic nitrogens is 2. The van der Waals surface area contributed by atoms with Gasteiger partial charge in [0.1, 0.15) is 11.6 Å². The topological polar surface area (TPSA) is 58.2 Å². The number of amides is 1. The number of likely N-dealkylation sites (N-methyl/N-ethyl adjacent to an activating group) is 1. The summed E-state index contributed by atoms with van der Waals surface area (Å²) < 4.78 is 5.14. The molecule has 0 aliphatic heterocycles. The van der Waals surface area contributed by atoms with Crippen molar-refractivity contribution in [3.05, 3.63) is 54.1 Å². The average Bonchev–Trinajstić information content (AvgIpc) is 2.97. The second-order valence-corrected chi connectivity index (χ2v) is 4.34. The molecular formula is C15H17N3O2. The minimum atomic E-state index is -0.0794. The van der Waals surface area contributed by atoms with Gasteiger partial charge in [-0.2, -0.15) is 0 Å². The third-order valence-electron chi connectivity index (χ3n) is 2.83. The van der Waals surface area contributed by atoms with Crippen molar-refractivity contribution < 1.29 is 9.53 Å². The predicted molar refractivity (Wildman–Crippen MR) is 77.1 cm³/mol. The minimum Gasteiger partial charge on any atom is -0.497 e. The number of methoxy groups -OCH3 is 1. The van der Waals surface area contributed by atoms with E-state index >= 15 is 0 Å². The van der Waals surface area contributed by atoms with Crippen LogP contribution in [0.5, 0.6) is 5.75 Å². The molecule has 0 aliphatic rings. The van der Waals surface area contributed by atoms with Crippen LogP contribution >= 0.6 is 0 Å². The van der Waals surface area contributed by atoms with Gasteiger partial charge < -0.3 is 14.6 Å². The minimum absolute atomic E-state index is 0.0794. The second kappa shape index (κ2) is 6.56. The Balaban J connectivity index is 1.97. The van der Waals surface area contributed by atoms with E-state index in [4.69, 9.17) is 4.74 Å². The number of hydrogen-bond donors (Lipinski definition) is 1. The zero-order valence-corrected chi connectivity index (χ0v) is 11.5. The summed E-state index contributed by atoms with van der Waals surface area (Å²) in [4.78, 5) is 20.6. The van der Waals surface area contributed by atoms with Gasteiger partial charge in [-0.25, -0.2) is 4.98 Å². The van der Waals surface area contributed by atoms with Gasteiger partial charge in [-0.1, -0.05) is 12.1 Å². The van der Waals surface area contributed by atoms with Gasteiger partial charge in [0.2, 0.25) is 5.91 Å². The lowest BCUT2D eigenvalue weighted by molar-refractivity contribution is -0.125. The summed E-state index contributed by atoms with van der Waals surface area (Å²) in [5.41, 5.74) is 0.920. The average molecular weight is 271 g/mol. The van der Waals surface area contributed by atoms with Crippen LogP contribution in [0.2, 0.25) is 0 Å². The zero-order valence-electron chi connectivity index (χ0n) is 11.5. The number of nitrogens with zero attached hydrogens (tertiary/aromatic N) is 2. The fourth-order valence-corrected chi connectivity index (χ4v) is 1.73. The fraction of sp³-hybridized carbons (Fsp3) is 0.200. The molecule has 0 aliphatic carbocycles. The monoisotopic (exact) mass is 271 g/mol. The summed E-state index contributed by atoms with van der Waals surface area (Å²) in [5.74, 6) is 1.45. The van der Waals surface area contributed by atoms with Crippen LogP contribution in [0.3, 0.4) is 0 Å². The maximum Gasteiger partial charge on any atom is 0.246 e. The third kappa shape index (κ3) is 3.71. The molecular weight excluding hydrogens is 254 g/mol. The summed E-state index contributed by atoms with van der Waals surface area (Å²) in [6, 6.07) is 7.53. The van der Waals surface area contributed by atoms with Crippen molar-refractivity contribution in [2.24, 2.45) is 0 Å². The maximum atomic E-state index is 12.0. The molecule has 0 spiro atoms. The molecule has 1 aromatic heterocycles. The number of aromatic amines is 1. The van der Waals surface area contributed by atoms with Crippen LogP contribution in [0.15, 0.2) is 42.7 Å². The number of carbonyl (C=O) groups is 1. The maximum absolute atomic E-state index is 12.0. The number of hydrogen-bond acceptors (Lipinski definition) is 3. The Hall–Kier alpha value is -2.56. The zero-order chi connectivity index (χ0) is 14.4. The Labute approximate surface area is 117 Å². The standard InChI is InChI=1S/C15H17N3O2/c1-18(11-14-16-8-9-17-14)15(19)7-6-12-4-3-5-13(10-12)20-2/h3-10H,11H2,1-2H3,(H,16,17). The smallest absolute Gasteiger partial charge is 0.246 e. The van der Waals surface area contributed by atoms with Crippen LogP contribution in [-0.4, -0.2) is 34.9 Å². The summed E-state index contributed by atoms with van der Waals surface area (Å²) in [6.45, 7) is 0.453. The first-order valence-corrected chi connectivity index (χ1v) is 6.24. The van der Waals surface area contributed by atoms with Gasteiger partial charge in [0.15, 0.2) is 0 Å². The Morgan fingerprint density at radius 1 is 1.50 bits per heavy atom. The molecule has 0 saturated carbocycles. The summed E-state index contributed by atoms with van der Waals surface area (Å²) in [5, 5.41) is 0. The molecule has 0 atom stereocenters.